The van der Waals surface area contributed by atoms with Crippen molar-refractivity contribution >= 4 is 23.1 Å². The molecule has 5 rings (SSSR count). The monoisotopic (exact) mass is 598 g/mol. The number of piperazine rings is 1. The van der Waals surface area contributed by atoms with Gasteiger partial charge < -0.3 is 24.4 Å². The summed E-state index contributed by atoms with van der Waals surface area (Å²) in [6.07, 6.45) is -0.278. The topological polar surface area (TPSA) is 82.9 Å². The van der Waals surface area contributed by atoms with Gasteiger partial charge in [-0.3, -0.25) is 14.5 Å². The Balaban J connectivity index is 1.54. The van der Waals surface area contributed by atoms with Crippen molar-refractivity contribution in [1.29, 1.82) is 0 Å². The Kier molecular flexibility index (Phi) is 8.79. The summed E-state index contributed by atoms with van der Waals surface area (Å²) in [5, 5.41) is 2.76. The molecule has 230 valence electrons. The van der Waals surface area contributed by atoms with Crippen LogP contribution in [0.15, 0.2) is 47.5 Å². The number of hydrogen-bond donors (Lipinski definition) is 1. The van der Waals surface area contributed by atoms with Gasteiger partial charge in [0.25, 0.3) is 17.9 Å². The molecule has 2 saturated heterocycles. The van der Waals surface area contributed by atoms with E-state index in [9.17, 15) is 18.4 Å². The first-order valence-electron chi connectivity index (χ1n) is 14.4. The maximum absolute atomic E-state index is 15.8. The highest BCUT2D eigenvalue weighted by molar-refractivity contribution is 6.07. The lowest BCUT2D eigenvalue weighted by Crippen LogP contribution is -2.55. The van der Waals surface area contributed by atoms with Gasteiger partial charge in [-0.15, -0.1) is 0 Å². The molecule has 1 N–H and O–H groups in total. The Morgan fingerprint density at radius 2 is 1.77 bits per heavy atom. The SMILES string of the molecule is C[C@@H]1CN(c2cc(F)c(-c3ccc(N4CCO[C@@H](C)C4)nc3)cc2NC(=O)c2cn(C)c(=O)cc2C(F)F)C[C@H](C)N1C. The molecule has 0 aliphatic carbocycles. The number of rotatable bonds is 6. The number of pyridine rings is 2. The lowest BCUT2D eigenvalue weighted by molar-refractivity contribution is 0.0529. The van der Waals surface area contributed by atoms with Crippen molar-refractivity contribution < 1.29 is 22.7 Å². The zero-order chi connectivity index (χ0) is 31.0. The number of carbonyl (C=O) groups is 1. The molecule has 1 amide bonds. The highest BCUT2D eigenvalue weighted by Crippen LogP contribution is 2.37. The number of anilines is 3. The molecule has 0 unspecified atom stereocenters. The van der Waals surface area contributed by atoms with Crippen molar-refractivity contribution in [3.63, 3.8) is 0 Å². The summed E-state index contributed by atoms with van der Waals surface area (Å²) in [6.45, 7) is 9.24. The van der Waals surface area contributed by atoms with Crippen molar-refractivity contribution in [2.75, 3.05) is 55.0 Å². The predicted molar refractivity (Wildman–Crippen MR) is 161 cm³/mol. The Labute approximate surface area is 248 Å². The predicted octanol–water partition coefficient (Wildman–Crippen LogP) is 4.53. The van der Waals surface area contributed by atoms with Gasteiger partial charge in [0.1, 0.15) is 11.6 Å². The van der Waals surface area contributed by atoms with Crippen LogP contribution < -0.4 is 20.7 Å². The highest BCUT2D eigenvalue weighted by Gasteiger charge is 2.30. The van der Waals surface area contributed by atoms with Crippen LogP contribution in [0.2, 0.25) is 0 Å². The summed E-state index contributed by atoms with van der Waals surface area (Å²) in [7, 11) is 3.41. The Bertz CT molecular complexity index is 1530. The molecule has 9 nitrogen and oxygen atoms in total. The average Bonchev–Trinajstić information content (AvgIpc) is 2.97. The second-order valence-corrected chi connectivity index (χ2v) is 11.5. The maximum atomic E-state index is 15.8. The van der Waals surface area contributed by atoms with Crippen molar-refractivity contribution in [1.82, 2.24) is 14.5 Å². The van der Waals surface area contributed by atoms with E-state index < -0.39 is 29.3 Å². The Morgan fingerprint density at radius 1 is 1.05 bits per heavy atom. The fourth-order valence-electron chi connectivity index (χ4n) is 5.71. The van der Waals surface area contributed by atoms with Crippen molar-refractivity contribution in [3.05, 3.63) is 70.0 Å². The lowest BCUT2D eigenvalue weighted by Gasteiger charge is -2.44. The number of benzene rings is 1. The Hall–Kier alpha value is -3.90. The van der Waals surface area contributed by atoms with E-state index in [0.717, 1.165) is 22.6 Å². The Morgan fingerprint density at radius 3 is 2.40 bits per heavy atom. The molecular weight excluding hydrogens is 561 g/mol. The molecule has 3 atom stereocenters. The second-order valence-electron chi connectivity index (χ2n) is 11.5. The van der Waals surface area contributed by atoms with Gasteiger partial charge in [-0.2, -0.15) is 0 Å². The van der Waals surface area contributed by atoms with Crippen molar-refractivity contribution in [2.45, 2.75) is 45.4 Å². The number of morpholine rings is 1. The van der Waals surface area contributed by atoms with E-state index in [-0.39, 0.29) is 35.0 Å². The molecule has 43 heavy (non-hydrogen) atoms. The zero-order valence-corrected chi connectivity index (χ0v) is 25.0. The third-order valence-corrected chi connectivity index (χ3v) is 8.40. The smallest absolute Gasteiger partial charge is 0.264 e. The third-order valence-electron chi connectivity index (χ3n) is 8.40. The fourth-order valence-corrected chi connectivity index (χ4v) is 5.71. The van der Waals surface area contributed by atoms with Crippen LogP contribution in [0.5, 0.6) is 0 Å². The number of aryl methyl sites for hydroxylation is 1. The number of nitrogens with one attached hydrogen (secondary N) is 1. The van der Waals surface area contributed by atoms with Crippen LogP contribution in [0.4, 0.5) is 30.4 Å². The molecule has 0 bridgehead atoms. The van der Waals surface area contributed by atoms with Gasteiger partial charge >= 0.3 is 0 Å². The molecule has 0 spiro atoms. The van der Waals surface area contributed by atoms with Crippen LogP contribution in [0.1, 0.15) is 43.1 Å². The molecule has 3 aromatic rings. The number of alkyl halides is 2. The molecule has 2 fully saturated rings. The van der Waals surface area contributed by atoms with Gasteiger partial charge in [-0.25, -0.2) is 18.2 Å². The van der Waals surface area contributed by atoms with E-state index in [2.05, 4.69) is 33.9 Å². The molecule has 1 aromatic carbocycles. The summed E-state index contributed by atoms with van der Waals surface area (Å²) in [6, 6.07) is 7.54. The van der Waals surface area contributed by atoms with Crippen molar-refractivity contribution in [3.8, 4) is 11.1 Å². The first-order valence-corrected chi connectivity index (χ1v) is 14.4. The summed E-state index contributed by atoms with van der Waals surface area (Å²) in [5.41, 5.74) is -0.233. The van der Waals surface area contributed by atoms with Crippen LogP contribution in [0.25, 0.3) is 11.1 Å². The number of likely N-dealkylation sites (N-methyl/N-ethyl adjacent to an activating group) is 1. The molecular formula is C31H37F3N6O3. The fraction of sp³-hybridized carbons (Fsp3) is 0.452. The third kappa shape index (κ3) is 6.40. The number of aromatic nitrogens is 2. The molecule has 2 aromatic heterocycles. The van der Waals surface area contributed by atoms with E-state index in [1.807, 2.05) is 24.9 Å². The number of ether oxygens (including phenoxy) is 1. The largest absolute Gasteiger partial charge is 0.375 e. The summed E-state index contributed by atoms with van der Waals surface area (Å²) < 4.78 is 50.2. The molecule has 4 heterocycles. The number of carbonyl (C=O) groups excluding carboxylic acids is 1. The van der Waals surface area contributed by atoms with Gasteiger partial charge in [-0.05, 0) is 52.1 Å². The number of amides is 1. The van der Waals surface area contributed by atoms with Crippen LogP contribution in [0, 0.1) is 5.82 Å². The van der Waals surface area contributed by atoms with Crippen molar-refractivity contribution in [2.24, 2.45) is 7.05 Å². The first-order chi connectivity index (χ1) is 20.4. The molecule has 2 aliphatic rings. The van der Waals surface area contributed by atoms with Gasteiger partial charge in [0.15, 0.2) is 0 Å². The molecule has 12 heteroatoms. The van der Waals surface area contributed by atoms with E-state index in [0.29, 0.717) is 44.0 Å². The minimum Gasteiger partial charge on any atom is -0.375 e. The second kappa shape index (κ2) is 12.4. The molecule has 2 aliphatic heterocycles. The van der Waals surface area contributed by atoms with E-state index >= 15 is 4.39 Å². The van der Waals surface area contributed by atoms with Crippen LogP contribution in [-0.2, 0) is 11.8 Å². The summed E-state index contributed by atoms with van der Waals surface area (Å²) >= 11 is 0. The van der Waals surface area contributed by atoms with E-state index in [4.69, 9.17) is 4.74 Å². The van der Waals surface area contributed by atoms with Gasteiger partial charge in [0.05, 0.1) is 29.6 Å². The zero-order valence-electron chi connectivity index (χ0n) is 25.0. The molecule has 0 radical (unpaired) electrons. The van der Waals surface area contributed by atoms with Crippen LogP contribution >= 0.6 is 0 Å². The normalized spacial score (nSPS) is 21.4. The first kappa shape index (κ1) is 30.6. The highest BCUT2D eigenvalue weighted by atomic mass is 19.3. The quantitative estimate of drug-likeness (QED) is 0.447. The number of halogens is 3. The molecule has 0 saturated carbocycles. The van der Waals surface area contributed by atoms with E-state index in [1.54, 1.807) is 12.3 Å². The number of hydrogen-bond acceptors (Lipinski definition) is 7. The maximum Gasteiger partial charge on any atom is 0.264 e. The summed E-state index contributed by atoms with van der Waals surface area (Å²) in [5.74, 6) is -0.578. The summed E-state index contributed by atoms with van der Waals surface area (Å²) in [4.78, 5) is 36.4. The number of nitrogens with zero attached hydrogens (tertiary/aromatic N) is 5. The minimum atomic E-state index is -3.03. The minimum absolute atomic E-state index is 0.0732. The average molecular weight is 599 g/mol. The van der Waals surface area contributed by atoms with E-state index in [1.165, 1.54) is 19.2 Å². The van der Waals surface area contributed by atoms with Crippen LogP contribution in [-0.4, -0.2) is 78.4 Å². The van der Waals surface area contributed by atoms with Gasteiger partial charge in [0.2, 0.25) is 0 Å². The lowest BCUT2D eigenvalue weighted by atomic mass is 10.0. The van der Waals surface area contributed by atoms with Crippen LogP contribution in [0.3, 0.4) is 0 Å². The van der Waals surface area contributed by atoms with Gasteiger partial charge in [-0.1, -0.05) is 0 Å². The standard InChI is InChI=1S/C31H37F3N6O3/c1-18-14-40(15-19(2)38(18)5)27-12-25(32)22(21-6-7-28(35-13-21)39-8-9-43-20(3)16-39)10-26(27)36-31(42)24-17-37(4)29(41)11-23(24)30(33)34/h6-7,10-13,17-20,30H,8-9,14-16H2,1-5H3,(H,36,42)/t18-,19+,20-/m0/s1. The van der Waals surface area contributed by atoms with Gasteiger partial charge in [0, 0.05) is 80.5 Å².